The molecule has 7 rings (SSSR count). The summed E-state index contributed by atoms with van der Waals surface area (Å²) < 4.78 is 0. The molecule has 0 radical (unpaired) electrons. The van der Waals surface area contributed by atoms with Gasteiger partial charge in [0.25, 0.3) is 0 Å². The quantitative estimate of drug-likeness (QED) is 0.101. The van der Waals surface area contributed by atoms with Crippen LogP contribution in [0.5, 0.6) is 0 Å². The zero-order valence-electron chi connectivity index (χ0n) is 24.5. The van der Waals surface area contributed by atoms with Gasteiger partial charge in [-0.1, -0.05) is 109 Å². The lowest BCUT2D eigenvalue weighted by atomic mass is 9.94. The molecule has 0 fully saturated rings. The Bertz CT molecular complexity index is 1920. The maximum atomic E-state index is 4.56. The van der Waals surface area contributed by atoms with Crippen LogP contribution in [0.25, 0.3) is 21.5 Å². The summed E-state index contributed by atoms with van der Waals surface area (Å²) in [6.45, 7) is 0. The molecule has 1 aliphatic carbocycles. The molecule has 6 aromatic carbocycles. The summed E-state index contributed by atoms with van der Waals surface area (Å²) >= 11 is 9.08. The fourth-order valence-corrected chi connectivity index (χ4v) is 6.78. The zero-order chi connectivity index (χ0) is 29.9. The number of rotatable bonds is 8. The van der Waals surface area contributed by atoms with E-state index < -0.39 is 0 Å². The van der Waals surface area contributed by atoms with Crippen molar-refractivity contribution in [2.75, 3.05) is 15.6 Å². The van der Waals surface area contributed by atoms with Gasteiger partial charge in [0.2, 0.25) is 0 Å². The van der Waals surface area contributed by atoms with Crippen LogP contribution in [0.2, 0.25) is 0 Å². The Morgan fingerprint density at radius 2 is 0.886 bits per heavy atom. The molecule has 2 nitrogen and oxygen atoms in total. The lowest BCUT2D eigenvalue weighted by molar-refractivity contribution is 0.880. The number of allylic oxidation sites excluding steroid dienone is 3. The average molecular weight is 607 g/mol. The summed E-state index contributed by atoms with van der Waals surface area (Å²) in [6.07, 6.45) is 6.51. The minimum absolute atomic E-state index is 0.710. The molecule has 1 aliphatic rings. The highest BCUT2D eigenvalue weighted by molar-refractivity contribution is 7.80. The van der Waals surface area contributed by atoms with Gasteiger partial charge in [-0.3, -0.25) is 0 Å². The number of thiol groups is 2. The second-order valence-corrected chi connectivity index (χ2v) is 11.7. The van der Waals surface area contributed by atoms with Crippen molar-refractivity contribution in [1.82, 2.24) is 0 Å². The Morgan fingerprint density at radius 1 is 0.432 bits per heavy atom. The average Bonchev–Trinajstić information content (AvgIpc) is 3.11. The minimum atomic E-state index is 0.710. The molecule has 4 heteroatoms. The summed E-state index contributed by atoms with van der Waals surface area (Å²) in [5.74, 6) is 1.50. The fraction of sp³-hybridized carbons (Fsp3) is 0.100. The Morgan fingerprint density at radius 3 is 1.34 bits per heavy atom. The number of hydrogen-bond donors (Lipinski definition) is 2. The van der Waals surface area contributed by atoms with Gasteiger partial charge in [-0.25, -0.2) is 0 Å². The third-order valence-electron chi connectivity index (χ3n) is 8.43. The second kappa shape index (κ2) is 12.7. The molecule has 0 amide bonds. The molecule has 0 saturated carbocycles. The monoisotopic (exact) mass is 606 g/mol. The highest BCUT2D eigenvalue weighted by atomic mass is 32.1. The van der Waals surface area contributed by atoms with E-state index in [1.807, 2.05) is 0 Å². The lowest BCUT2D eigenvalue weighted by Gasteiger charge is -2.34. The second-order valence-electron chi connectivity index (χ2n) is 11.1. The molecule has 0 N–H and O–H groups in total. The van der Waals surface area contributed by atoms with Crippen LogP contribution in [0.3, 0.4) is 0 Å². The van der Waals surface area contributed by atoms with Crippen molar-refractivity contribution in [3.8, 4) is 0 Å². The van der Waals surface area contributed by atoms with Gasteiger partial charge in [-0.15, -0.1) is 0 Å². The normalized spacial score (nSPS) is 13.0. The van der Waals surface area contributed by atoms with Gasteiger partial charge in [-0.05, 0) is 60.9 Å². The Kier molecular flexibility index (Phi) is 8.19. The Balaban J connectivity index is 1.57. The lowest BCUT2D eigenvalue weighted by Crippen LogP contribution is -2.19. The van der Waals surface area contributed by atoms with Gasteiger partial charge in [0, 0.05) is 55.8 Å². The van der Waals surface area contributed by atoms with E-state index in [2.05, 4.69) is 181 Å². The predicted molar refractivity (Wildman–Crippen MR) is 197 cm³/mol. The summed E-state index contributed by atoms with van der Waals surface area (Å²) in [5.41, 5.74) is 9.63. The van der Waals surface area contributed by atoms with E-state index >= 15 is 0 Å². The van der Waals surface area contributed by atoms with Crippen LogP contribution in [0.4, 0.5) is 28.4 Å². The van der Waals surface area contributed by atoms with Crippen LogP contribution in [0, 0.1) is 0 Å². The molecular formula is C40H34N2S2. The fourth-order valence-electron chi connectivity index (χ4n) is 6.30. The molecule has 216 valence electrons. The summed E-state index contributed by atoms with van der Waals surface area (Å²) in [4.78, 5) is 4.89. The van der Waals surface area contributed by atoms with Gasteiger partial charge in [0.05, 0.1) is 11.4 Å². The van der Waals surface area contributed by atoms with Gasteiger partial charge in [0.15, 0.2) is 0 Å². The molecule has 0 aromatic heterocycles. The molecule has 0 bridgehead atoms. The van der Waals surface area contributed by atoms with Crippen LogP contribution in [0.15, 0.2) is 157 Å². The van der Waals surface area contributed by atoms with Gasteiger partial charge < -0.3 is 9.80 Å². The van der Waals surface area contributed by atoms with Crippen LogP contribution in [-0.2, 0) is 5.75 Å². The molecule has 6 aromatic rings. The molecule has 0 unspecified atom stereocenters. The summed E-state index contributed by atoms with van der Waals surface area (Å²) in [7, 11) is 0. The van der Waals surface area contributed by atoms with E-state index in [-0.39, 0.29) is 0 Å². The third kappa shape index (κ3) is 5.29. The van der Waals surface area contributed by atoms with Crippen LogP contribution in [-0.4, -0.2) is 5.75 Å². The van der Waals surface area contributed by atoms with Gasteiger partial charge in [0.1, 0.15) is 0 Å². The summed E-state index contributed by atoms with van der Waals surface area (Å²) in [6, 6.07) is 48.0. The van der Waals surface area contributed by atoms with E-state index in [9.17, 15) is 0 Å². The van der Waals surface area contributed by atoms with Crippen molar-refractivity contribution in [2.24, 2.45) is 0 Å². The van der Waals surface area contributed by atoms with Crippen molar-refractivity contribution in [2.45, 2.75) is 18.6 Å². The largest absolute Gasteiger partial charge is 0.313 e. The van der Waals surface area contributed by atoms with Crippen molar-refractivity contribution in [3.63, 3.8) is 0 Å². The number of anilines is 5. The highest BCUT2D eigenvalue weighted by Gasteiger charge is 2.26. The maximum absolute atomic E-state index is 4.56. The van der Waals surface area contributed by atoms with E-state index in [1.165, 1.54) is 49.8 Å². The van der Waals surface area contributed by atoms with Crippen molar-refractivity contribution in [1.29, 1.82) is 0 Å². The molecule has 0 aliphatic heterocycles. The first kappa shape index (κ1) is 28.4. The smallest absolute Gasteiger partial charge is 0.0619 e. The first-order valence-corrected chi connectivity index (χ1v) is 16.4. The zero-order valence-corrected chi connectivity index (χ0v) is 26.3. The maximum Gasteiger partial charge on any atom is 0.0619 e. The van der Waals surface area contributed by atoms with E-state index in [0.29, 0.717) is 5.75 Å². The molecule has 0 atom stereocenters. The highest BCUT2D eigenvalue weighted by Crippen LogP contribution is 2.50. The molecule has 0 saturated heterocycles. The number of fused-ring (bicyclic) bond motifs is 2. The molecule has 0 heterocycles. The first-order chi connectivity index (χ1) is 21.8. The minimum Gasteiger partial charge on any atom is -0.313 e. The van der Waals surface area contributed by atoms with Gasteiger partial charge >= 0.3 is 0 Å². The third-order valence-corrected chi connectivity index (χ3v) is 9.20. The van der Waals surface area contributed by atoms with Crippen molar-refractivity contribution in [3.05, 3.63) is 162 Å². The first-order valence-electron chi connectivity index (χ1n) is 15.1. The van der Waals surface area contributed by atoms with E-state index in [4.69, 9.17) is 0 Å². The number of benzene rings is 6. The molecule has 44 heavy (non-hydrogen) atoms. The SMILES string of the molecule is SCC1=CC=C(N(c2ccccc2)c2c3ccccc3c(N(c3ccccc3)c3ccc(CS)cc3)c3ccccc23)CC1. The molecule has 0 spiro atoms. The Hall–Kier alpha value is -4.38. The Labute approximate surface area is 270 Å². The van der Waals surface area contributed by atoms with Crippen molar-refractivity contribution >= 4 is 75.2 Å². The number of hydrogen-bond acceptors (Lipinski definition) is 4. The van der Waals surface area contributed by atoms with E-state index in [0.717, 1.165) is 35.7 Å². The van der Waals surface area contributed by atoms with Crippen LogP contribution >= 0.6 is 25.3 Å². The van der Waals surface area contributed by atoms with Gasteiger partial charge in [-0.2, -0.15) is 25.3 Å². The predicted octanol–water partition coefficient (Wildman–Crippen LogP) is 11.6. The standard InChI is InChI=1S/C40H34N2S2/c43-27-29-19-23-33(24-20-29)41(31-11-3-1-4-12-31)39-35-15-7-9-17-37(35)40(38-18-10-8-16-36(38)39)42(32-13-5-2-6-14-32)34-25-21-30(28-44)22-26-34/h1-21,23-25,43-44H,22,26-28H2. The van der Waals surface area contributed by atoms with Crippen molar-refractivity contribution < 1.29 is 0 Å². The summed E-state index contributed by atoms with van der Waals surface area (Å²) in [5, 5.41) is 4.82. The van der Waals surface area contributed by atoms with Crippen LogP contribution < -0.4 is 9.80 Å². The number of para-hydroxylation sites is 2. The van der Waals surface area contributed by atoms with E-state index in [1.54, 1.807) is 0 Å². The molecular weight excluding hydrogens is 573 g/mol. The van der Waals surface area contributed by atoms with Crippen LogP contribution in [0.1, 0.15) is 18.4 Å². The topological polar surface area (TPSA) is 6.48 Å². The number of nitrogens with zero attached hydrogens (tertiary/aromatic N) is 2.